The first-order valence-corrected chi connectivity index (χ1v) is 12.8. The molecule has 32 heavy (non-hydrogen) atoms. The van der Waals surface area contributed by atoms with Crippen molar-refractivity contribution in [2.45, 2.75) is 34.4 Å². The number of carboxylic acids is 1. The zero-order valence-electron chi connectivity index (χ0n) is 17.7. The van der Waals surface area contributed by atoms with Gasteiger partial charge < -0.3 is 5.11 Å². The van der Waals surface area contributed by atoms with E-state index in [-0.39, 0.29) is 16.7 Å². The molecule has 1 N–H and O–H groups in total. The van der Waals surface area contributed by atoms with Crippen molar-refractivity contribution in [3.63, 3.8) is 0 Å². The Morgan fingerprint density at radius 2 is 1.53 bits per heavy atom. The molecule has 0 radical (unpaired) electrons. The minimum atomic E-state index is -3.87. The van der Waals surface area contributed by atoms with Crippen molar-refractivity contribution in [3.8, 4) is 0 Å². The molecule has 1 heterocycles. The highest BCUT2D eigenvalue weighted by Gasteiger charge is 2.45. The van der Waals surface area contributed by atoms with E-state index in [2.05, 4.69) is 0 Å². The smallest absolute Gasteiger partial charge is 0.308 e. The summed E-state index contributed by atoms with van der Waals surface area (Å²) in [6, 6.07) is 25.3. The third-order valence-electron chi connectivity index (χ3n) is 5.79. The Balaban J connectivity index is 1.75. The second-order valence-corrected chi connectivity index (χ2v) is 11.2. The van der Waals surface area contributed by atoms with Crippen LogP contribution in [0.2, 0.25) is 0 Å². The van der Waals surface area contributed by atoms with Gasteiger partial charge in [-0.2, -0.15) is 4.31 Å². The van der Waals surface area contributed by atoms with Gasteiger partial charge in [-0.15, -0.1) is 11.8 Å². The summed E-state index contributed by atoms with van der Waals surface area (Å²) in [6.07, 6.45) is 0.408. The summed E-state index contributed by atoms with van der Waals surface area (Å²) in [5, 5.41) is 9.74. The van der Waals surface area contributed by atoms with Crippen molar-refractivity contribution in [1.82, 2.24) is 4.31 Å². The van der Waals surface area contributed by atoms with E-state index in [0.29, 0.717) is 6.42 Å². The van der Waals surface area contributed by atoms with E-state index in [1.165, 1.54) is 16.1 Å². The molecule has 7 heteroatoms. The molecule has 0 spiro atoms. The lowest BCUT2D eigenvalue weighted by molar-refractivity contribution is -0.143. The maximum absolute atomic E-state index is 13.6. The number of piperidine rings is 1. The van der Waals surface area contributed by atoms with Gasteiger partial charge in [0.25, 0.3) is 0 Å². The van der Waals surface area contributed by atoms with E-state index < -0.39 is 28.0 Å². The average molecular weight is 468 g/mol. The van der Waals surface area contributed by atoms with E-state index in [1.807, 2.05) is 61.5 Å². The number of nitrogens with zero attached hydrogens (tertiary/aromatic N) is 1. The number of aryl methyl sites for hydroxylation is 1. The average Bonchev–Trinajstić information content (AvgIpc) is 2.80. The maximum Gasteiger partial charge on any atom is 0.308 e. The van der Waals surface area contributed by atoms with Crippen LogP contribution in [0, 0.1) is 12.8 Å². The zero-order valence-corrected chi connectivity index (χ0v) is 19.3. The van der Waals surface area contributed by atoms with Gasteiger partial charge in [0.1, 0.15) is 0 Å². The van der Waals surface area contributed by atoms with Gasteiger partial charge in [-0.25, -0.2) is 8.42 Å². The summed E-state index contributed by atoms with van der Waals surface area (Å²) >= 11 is 1.51. The van der Waals surface area contributed by atoms with Gasteiger partial charge in [0, 0.05) is 16.7 Å². The molecule has 0 unspecified atom stereocenters. The van der Waals surface area contributed by atoms with Crippen LogP contribution in [-0.2, 0) is 14.8 Å². The Bertz CT molecular complexity index is 1170. The molecule has 0 aromatic heterocycles. The summed E-state index contributed by atoms with van der Waals surface area (Å²) in [4.78, 5) is 13.4. The molecule has 1 saturated heterocycles. The van der Waals surface area contributed by atoms with E-state index in [1.54, 1.807) is 30.3 Å². The van der Waals surface area contributed by atoms with Gasteiger partial charge >= 0.3 is 5.97 Å². The summed E-state index contributed by atoms with van der Waals surface area (Å²) < 4.78 is 28.6. The van der Waals surface area contributed by atoms with Crippen LogP contribution in [-0.4, -0.2) is 35.6 Å². The van der Waals surface area contributed by atoms with E-state index >= 15 is 0 Å². The number of sulfonamides is 1. The van der Waals surface area contributed by atoms with Crippen molar-refractivity contribution >= 4 is 27.8 Å². The fourth-order valence-electron chi connectivity index (χ4n) is 4.07. The lowest BCUT2D eigenvalue weighted by Gasteiger charge is -2.41. The van der Waals surface area contributed by atoms with Crippen LogP contribution in [0.3, 0.4) is 0 Å². The topological polar surface area (TPSA) is 74.7 Å². The molecular formula is C25H25NO4S2. The monoisotopic (exact) mass is 467 g/mol. The third kappa shape index (κ3) is 4.75. The highest BCUT2D eigenvalue weighted by Crippen LogP contribution is 2.44. The maximum atomic E-state index is 13.6. The van der Waals surface area contributed by atoms with Crippen LogP contribution in [0.5, 0.6) is 0 Å². The van der Waals surface area contributed by atoms with Gasteiger partial charge in [0.05, 0.1) is 16.9 Å². The molecule has 1 aliphatic rings. The first kappa shape index (κ1) is 22.6. The van der Waals surface area contributed by atoms with Gasteiger partial charge in [-0.1, -0.05) is 66.2 Å². The van der Waals surface area contributed by atoms with Gasteiger partial charge in [0.2, 0.25) is 10.0 Å². The standard InChI is InChI=1S/C25H25NO4S2/c1-18-12-14-19(15-13-18)23-16-24(31-20-8-4-2-5-9-20)22(25(27)28)17-26(23)32(29,30)21-10-6-3-7-11-21/h2-15,22-24H,16-17H2,1H3,(H,27,28)/t22-,23+,24-/m1/s1. The Labute approximate surface area is 193 Å². The molecule has 0 amide bonds. The van der Waals surface area contributed by atoms with Crippen LogP contribution in [0.25, 0.3) is 0 Å². The Kier molecular flexibility index (Phi) is 6.69. The molecule has 0 bridgehead atoms. The minimum absolute atomic E-state index is 0.0738. The molecule has 4 rings (SSSR count). The third-order valence-corrected chi connectivity index (χ3v) is 9.05. The predicted molar refractivity (Wildman–Crippen MR) is 126 cm³/mol. The minimum Gasteiger partial charge on any atom is -0.481 e. The predicted octanol–water partition coefficient (Wildman–Crippen LogP) is 4.99. The number of hydrogen-bond donors (Lipinski definition) is 1. The Morgan fingerprint density at radius 3 is 2.12 bits per heavy atom. The van der Waals surface area contributed by atoms with Crippen LogP contribution in [0.4, 0.5) is 0 Å². The van der Waals surface area contributed by atoms with Crippen LogP contribution >= 0.6 is 11.8 Å². The second kappa shape index (κ2) is 9.48. The Morgan fingerprint density at radius 1 is 0.938 bits per heavy atom. The number of carbonyl (C=O) groups is 1. The summed E-state index contributed by atoms with van der Waals surface area (Å²) in [5.41, 5.74) is 1.96. The number of thioether (sulfide) groups is 1. The normalized spacial score (nSPS) is 21.8. The summed E-state index contributed by atoms with van der Waals surface area (Å²) in [7, 11) is -3.87. The molecule has 3 atom stereocenters. The van der Waals surface area contributed by atoms with Crippen molar-refractivity contribution in [1.29, 1.82) is 0 Å². The van der Waals surface area contributed by atoms with Gasteiger partial charge in [-0.05, 0) is 43.2 Å². The summed E-state index contributed by atoms with van der Waals surface area (Å²) in [6.45, 7) is 1.91. The largest absolute Gasteiger partial charge is 0.481 e. The molecule has 3 aromatic rings. The molecule has 0 saturated carbocycles. The lowest BCUT2D eigenvalue weighted by Crippen LogP contribution is -2.49. The van der Waals surface area contributed by atoms with Crippen LogP contribution in [0.15, 0.2) is 94.7 Å². The fraction of sp³-hybridized carbons (Fsp3) is 0.240. The zero-order chi connectivity index (χ0) is 22.7. The molecular weight excluding hydrogens is 442 g/mol. The second-order valence-electron chi connectivity index (χ2n) is 7.96. The van der Waals surface area contributed by atoms with Crippen molar-refractivity contribution < 1.29 is 18.3 Å². The number of benzene rings is 3. The molecule has 1 aliphatic heterocycles. The van der Waals surface area contributed by atoms with E-state index in [9.17, 15) is 18.3 Å². The van der Waals surface area contributed by atoms with Crippen LogP contribution in [0.1, 0.15) is 23.6 Å². The van der Waals surface area contributed by atoms with Crippen LogP contribution < -0.4 is 0 Å². The quantitative estimate of drug-likeness (QED) is 0.553. The van der Waals surface area contributed by atoms with Crippen molar-refractivity contribution in [3.05, 3.63) is 96.1 Å². The molecule has 3 aromatic carbocycles. The van der Waals surface area contributed by atoms with Gasteiger partial charge in [-0.3, -0.25) is 4.79 Å². The number of aliphatic carboxylic acids is 1. The van der Waals surface area contributed by atoms with E-state index in [0.717, 1.165) is 16.0 Å². The van der Waals surface area contributed by atoms with Crippen molar-refractivity contribution in [2.24, 2.45) is 5.92 Å². The first-order valence-electron chi connectivity index (χ1n) is 10.4. The lowest BCUT2D eigenvalue weighted by atomic mass is 9.90. The highest BCUT2D eigenvalue weighted by molar-refractivity contribution is 8.00. The van der Waals surface area contributed by atoms with E-state index in [4.69, 9.17) is 0 Å². The molecule has 5 nitrogen and oxygen atoms in total. The SMILES string of the molecule is Cc1ccc([C@@H]2C[C@@H](Sc3ccccc3)[C@H](C(=O)O)CN2S(=O)(=O)c2ccccc2)cc1. The van der Waals surface area contributed by atoms with Crippen molar-refractivity contribution in [2.75, 3.05) is 6.54 Å². The molecule has 0 aliphatic carbocycles. The fourth-order valence-corrected chi connectivity index (χ4v) is 7.05. The summed E-state index contributed by atoms with van der Waals surface area (Å²) in [5.74, 6) is -1.80. The highest BCUT2D eigenvalue weighted by atomic mass is 32.2. The number of rotatable bonds is 6. The number of hydrogen-bond acceptors (Lipinski definition) is 4. The molecule has 166 valence electrons. The first-order chi connectivity index (χ1) is 15.4. The molecule has 1 fully saturated rings. The van der Waals surface area contributed by atoms with Gasteiger partial charge in [0.15, 0.2) is 0 Å². The number of carboxylic acid groups (broad SMARTS) is 1. The Hall–Kier alpha value is -2.61.